The number of carboxylic acid groups (broad SMARTS) is 1. The summed E-state index contributed by atoms with van der Waals surface area (Å²) in [7, 11) is 0. The zero-order valence-corrected chi connectivity index (χ0v) is 8.95. The molecule has 0 radical (unpaired) electrons. The summed E-state index contributed by atoms with van der Waals surface area (Å²) >= 11 is 0.965. The predicted octanol–water partition coefficient (Wildman–Crippen LogP) is -0.905. The van der Waals surface area contributed by atoms with Crippen LogP contribution in [0.2, 0.25) is 0 Å². The van der Waals surface area contributed by atoms with Crippen molar-refractivity contribution in [2.24, 2.45) is 5.73 Å². The van der Waals surface area contributed by atoms with Crippen molar-refractivity contribution >= 4 is 17.7 Å². The molecule has 0 aliphatic rings. The third kappa shape index (κ3) is 2.60. The summed E-state index contributed by atoms with van der Waals surface area (Å²) in [6, 6.07) is 0. The molecule has 0 saturated carbocycles. The van der Waals surface area contributed by atoms with Gasteiger partial charge in [0.2, 0.25) is 0 Å². The Morgan fingerprint density at radius 2 is 2.47 bits per heavy atom. The van der Waals surface area contributed by atoms with Gasteiger partial charge in [-0.2, -0.15) is 0 Å². The number of nitrogens with one attached hydrogen (secondary N) is 1. The minimum atomic E-state index is -1.01. The van der Waals surface area contributed by atoms with Gasteiger partial charge in [0.1, 0.15) is 5.25 Å². The van der Waals surface area contributed by atoms with E-state index in [0.29, 0.717) is 11.7 Å². The van der Waals surface area contributed by atoms with Gasteiger partial charge in [0, 0.05) is 13.1 Å². The van der Waals surface area contributed by atoms with E-state index >= 15 is 0 Å². The average Bonchev–Trinajstić information content (AvgIpc) is 2.54. The van der Waals surface area contributed by atoms with Crippen molar-refractivity contribution in [1.29, 1.82) is 0 Å². The minimum absolute atomic E-state index is 0.00916. The summed E-state index contributed by atoms with van der Waals surface area (Å²) in [5.41, 5.74) is 4.95. The van der Waals surface area contributed by atoms with E-state index in [2.05, 4.69) is 10.2 Å². The highest BCUT2D eigenvalue weighted by atomic mass is 32.2. The number of aromatic amines is 1. The molecule has 84 valence electrons. The number of carbonyl (C=O) groups is 1. The Morgan fingerprint density at radius 1 is 1.80 bits per heavy atom. The van der Waals surface area contributed by atoms with Crippen LogP contribution in [0, 0.1) is 0 Å². The van der Waals surface area contributed by atoms with E-state index in [-0.39, 0.29) is 12.2 Å². The summed E-state index contributed by atoms with van der Waals surface area (Å²) in [6.07, 6.45) is 0. The van der Waals surface area contributed by atoms with Crippen molar-refractivity contribution in [3.05, 3.63) is 10.5 Å². The third-order valence-electron chi connectivity index (χ3n) is 1.78. The van der Waals surface area contributed by atoms with E-state index in [9.17, 15) is 9.59 Å². The van der Waals surface area contributed by atoms with Gasteiger partial charge in [0.25, 0.3) is 0 Å². The van der Waals surface area contributed by atoms with Crippen LogP contribution < -0.4 is 11.4 Å². The fourth-order valence-electron chi connectivity index (χ4n) is 0.999. The Bertz CT molecular complexity index is 399. The van der Waals surface area contributed by atoms with Crippen LogP contribution in [-0.4, -0.2) is 37.6 Å². The summed E-state index contributed by atoms with van der Waals surface area (Å²) in [5, 5.41) is 14.3. The predicted molar refractivity (Wildman–Crippen MR) is 54.9 cm³/mol. The molecule has 1 atom stereocenters. The second-order valence-electron chi connectivity index (χ2n) is 2.74. The first kappa shape index (κ1) is 11.8. The molecule has 0 bridgehead atoms. The number of rotatable bonds is 5. The Labute approximate surface area is 89.7 Å². The topological polar surface area (TPSA) is 114 Å². The first-order chi connectivity index (χ1) is 7.10. The summed E-state index contributed by atoms with van der Waals surface area (Å²) < 4.78 is 1.36. The number of thioether (sulfide) groups is 1. The maximum Gasteiger partial charge on any atom is 0.343 e. The van der Waals surface area contributed by atoms with Gasteiger partial charge in [-0.1, -0.05) is 11.8 Å². The largest absolute Gasteiger partial charge is 0.480 e. The molecule has 0 aliphatic carbocycles. The number of aromatic nitrogens is 3. The van der Waals surface area contributed by atoms with Gasteiger partial charge in [0.15, 0.2) is 5.16 Å². The second kappa shape index (κ2) is 4.99. The van der Waals surface area contributed by atoms with Crippen LogP contribution in [0.4, 0.5) is 0 Å². The van der Waals surface area contributed by atoms with E-state index in [1.807, 2.05) is 0 Å². The summed E-state index contributed by atoms with van der Waals surface area (Å²) in [6.45, 7) is 2.21. The molecule has 1 unspecified atom stereocenters. The Kier molecular flexibility index (Phi) is 3.92. The van der Waals surface area contributed by atoms with Crippen LogP contribution in [0.25, 0.3) is 0 Å². The lowest BCUT2D eigenvalue weighted by Gasteiger charge is -2.08. The number of nitrogens with zero attached hydrogens (tertiary/aromatic N) is 2. The molecule has 1 rings (SSSR count). The van der Waals surface area contributed by atoms with Crippen molar-refractivity contribution < 1.29 is 9.90 Å². The Morgan fingerprint density at radius 3 is 2.93 bits per heavy atom. The third-order valence-corrected chi connectivity index (χ3v) is 2.98. The fourth-order valence-corrected chi connectivity index (χ4v) is 1.89. The number of hydrogen-bond donors (Lipinski definition) is 3. The standard InChI is InChI=1S/C7H12N4O3S/c1-2-11-6(14)9-10-7(11)15-4(3-8)5(12)13/h4H,2-3,8H2,1H3,(H,9,14)(H,12,13). The molecule has 1 aromatic heterocycles. The number of H-pyrrole nitrogens is 1. The highest BCUT2D eigenvalue weighted by Gasteiger charge is 2.20. The Hall–Kier alpha value is -1.28. The number of hydrogen-bond acceptors (Lipinski definition) is 5. The highest BCUT2D eigenvalue weighted by molar-refractivity contribution is 8.00. The maximum atomic E-state index is 11.2. The normalized spacial score (nSPS) is 12.7. The molecule has 0 spiro atoms. The molecular weight excluding hydrogens is 220 g/mol. The quantitative estimate of drug-likeness (QED) is 0.566. The average molecular weight is 232 g/mol. The second-order valence-corrected chi connectivity index (χ2v) is 3.91. The molecule has 0 aromatic carbocycles. The number of aliphatic carboxylic acids is 1. The van der Waals surface area contributed by atoms with Crippen LogP contribution in [0.15, 0.2) is 9.95 Å². The van der Waals surface area contributed by atoms with Crippen LogP contribution in [0.3, 0.4) is 0 Å². The molecule has 1 aromatic rings. The lowest BCUT2D eigenvalue weighted by Crippen LogP contribution is -2.27. The van der Waals surface area contributed by atoms with Gasteiger partial charge in [-0.05, 0) is 6.92 Å². The van der Waals surface area contributed by atoms with E-state index in [0.717, 1.165) is 11.8 Å². The van der Waals surface area contributed by atoms with E-state index in [4.69, 9.17) is 10.8 Å². The smallest absolute Gasteiger partial charge is 0.343 e. The van der Waals surface area contributed by atoms with Crippen molar-refractivity contribution in [3.8, 4) is 0 Å². The van der Waals surface area contributed by atoms with Gasteiger partial charge in [0.05, 0.1) is 0 Å². The molecule has 0 amide bonds. The fraction of sp³-hybridized carbons (Fsp3) is 0.571. The molecule has 0 saturated heterocycles. The van der Waals surface area contributed by atoms with Crippen molar-refractivity contribution in [3.63, 3.8) is 0 Å². The van der Waals surface area contributed by atoms with Gasteiger partial charge in [-0.25, -0.2) is 9.89 Å². The van der Waals surface area contributed by atoms with Crippen molar-refractivity contribution in [2.75, 3.05) is 6.54 Å². The Balaban J connectivity index is 2.88. The van der Waals surface area contributed by atoms with Crippen LogP contribution in [-0.2, 0) is 11.3 Å². The zero-order chi connectivity index (χ0) is 11.4. The molecular formula is C7H12N4O3S. The van der Waals surface area contributed by atoms with Gasteiger partial charge in [-0.15, -0.1) is 5.10 Å². The van der Waals surface area contributed by atoms with Crippen molar-refractivity contribution in [2.45, 2.75) is 23.9 Å². The molecule has 8 heteroatoms. The number of carboxylic acids is 1. The van der Waals surface area contributed by atoms with Gasteiger partial charge < -0.3 is 10.8 Å². The van der Waals surface area contributed by atoms with Gasteiger partial charge >= 0.3 is 11.7 Å². The summed E-state index contributed by atoms with van der Waals surface area (Å²) in [5.74, 6) is -1.01. The molecule has 0 aliphatic heterocycles. The minimum Gasteiger partial charge on any atom is -0.480 e. The molecule has 1 heterocycles. The van der Waals surface area contributed by atoms with Gasteiger partial charge in [-0.3, -0.25) is 9.36 Å². The monoisotopic (exact) mass is 232 g/mol. The maximum absolute atomic E-state index is 11.2. The van der Waals surface area contributed by atoms with E-state index in [1.54, 1.807) is 6.92 Å². The lowest BCUT2D eigenvalue weighted by atomic mass is 10.4. The van der Waals surface area contributed by atoms with E-state index in [1.165, 1.54) is 4.57 Å². The first-order valence-electron chi connectivity index (χ1n) is 4.34. The SMILES string of the molecule is CCn1c(SC(CN)C(=O)O)n[nH]c1=O. The lowest BCUT2D eigenvalue weighted by molar-refractivity contribution is -0.136. The zero-order valence-electron chi connectivity index (χ0n) is 8.14. The van der Waals surface area contributed by atoms with Crippen LogP contribution in [0.5, 0.6) is 0 Å². The number of nitrogens with two attached hydrogens (primary N) is 1. The first-order valence-corrected chi connectivity index (χ1v) is 5.22. The van der Waals surface area contributed by atoms with Crippen LogP contribution in [0.1, 0.15) is 6.92 Å². The molecule has 7 nitrogen and oxygen atoms in total. The molecule has 15 heavy (non-hydrogen) atoms. The molecule has 0 fully saturated rings. The highest BCUT2D eigenvalue weighted by Crippen LogP contribution is 2.19. The molecule has 4 N–H and O–H groups in total. The van der Waals surface area contributed by atoms with Crippen molar-refractivity contribution in [1.82, 2.24) is 14.8 Å². The van der Waals surface area contributed by atoms with Crippen LogP contribution >= 0.6 is 11.8 Å². The summed E-state index contributed by atoms with van der Waals surface area (Å²) in [4.78, 5) is 21.9. The van der Waals surface area contributed by atoms with E-state index < -0.39 is 11.2 Å².